The third-order valence-corrected chi connectivity index (χ3v) is 5.75. The monoisotopic (exact) mass is 404 g/mol. The van der Waals surface area contributed by atoms with Crippen LogP contribution in [0, 0.1) is 0 Å². The van der Waals surface area contributed by atoms with Gasteiger partial charge in [-0.25, -0.2) is 9.13 Å². The molecule has 0 atom stereocenters. The van der Waals surface area contributed by atoms with E-state index in [0.29, 0.717) is 6.54 Å². The van der Waals surface area contributed by atoms with Crippen LogP contribution in [-0.4, -0.2) is 17.6 Å². The van der Waals surface area contributed by atoms with Crippen LogP contribution in [0.5, 0.6) is 5.75 Å². The largest absolute Gasteiger partial charge is 0.497 e. The number of nitrogens with one attached hydrogen (secondary N) is 1. The predicted molar refractivity (Wildman–Crippen MR) is 119 cm³/mol. The van der Waals surface area contributed by atoms with Crippen LogP contribution in [0.1, 0.15) is 37.6 Å². The zero-order valence-electron chi connectivity index (χ0n) is 17.9. The van der Waals surface area contributed by atoms with Gasteiger partial charge in [-0.2, -0.15) is 0 Å². The van der Waals surface area contributed by atoms with Crippen molar-refractivity contribution < 1.29 is 14.1 Å². The van der Waals surface area contributed by atoms with Gasteiger partial charge in [0.2, 0.25) is 0 Å². The lowest BCUT2D eigenvalue weighted by molar-refractivity contribution is -0.690. The van der Waals surface area contributed by atoms with Gasteiger partial charge in [-0.3, -0.25) is 4.79 Å². The molecule has 0 saturated heterocycles. The van der Waals surface area contributed by atoms with Crippen LogP contribution in [0.4, 0.5) is 5.69 Å². The van der Waals surface area contributed by atoms with Crippen molar-refractivity contribution in [3.63, 3.8) is 0 Å². The fourth-order valence-corrected chi connectivity index (χ4v) is 4.13. The van der Waals surface area contributed by atoms with E-state index in [9.17, 15) is 4.79 Å². The highest BCUT2D eigenvalue weighted by Crippen LogP contribution is 2.26. The lowest BCUT2D eigenvalue weighted by Gasteiger charge is -2.06. The summed E-state index contributed by atoms with van der Waals surface area (Å²) in [6, 6.07) is 16.3. The molecular formula is C25H30N3O2+. The molecule has 0 saturated carbocycles. The van der Waals surface area contributed by atoms with Crippen molar-refractivity contribution in [1.29, 1.82) is 0 Å². The highest BCUT2D eigenvalue weighted by Gasteiger charge is 2.29. The zero-order chi connectivity index (χ0) is 20.9. The number of carbonyl (C=O) groups excluding carboxylic acids is 1. The van der Waals surface area contributed by atoms with Crippen molar-refractivity contribution in [2.75, 3.05) is 12.4 Å². The van der Waals surface area contributed by atoms with E-state index in [2.05, 4.69) is 51.8 Å². The van der Waals surface area contributed by atoms with Crippen molar-refractivity contribution in [1.82, 2.24) is 4.57 Å². The number of amides is 1. The number of aromatic nitrogens is 2. The molecule has 1 aliphatic heterocycles. The second-order valence-corrected chi connectivity index (χ2v) is 7.89. The highest BCUT2D eigenvalue weighted by molar-refractivity contribution is 5.89. The average Bonchev–Trinajstić information content (AvgIpc) is 3.37. The van der Waals surface area contributed by atoms with Gasteiger partial charge in [-0.1, -0.05) is 25.5 Å². The van der Waals surface area contributed by atoms with Crippen LogP contribution in [0.25, 0.3) is 11.3 Å². The smallest absolute Gasteiger partial charge is 0.266 e. The molecule has 2 heterocycles. The van der Waals surface area contributed by atoms with Crippen molar-refractivity contribution in [2.45, 2.75) is 52.1 Å². The number of anilines is 1. The number of carbonyl (C=O) groups is 1. The Labute approximate surface area is 178 Å². The van der Waals surface area contributed by atoms with E-state index in [4.69, 9.17) is 4.74 Å². The molecule has 0 radical (unpaired) electrons. The first-order valence-corrected chi connectivity index (χ1v) is 10.8. The topological polar surface area (TPSA) is 47.1 Å². The minimum atomic E-state index is 0.00268. The van der Waals surface area contributed by atoms with E-state index in [-0.39, 0.29) is 5.91 Å². The quantitative estimate of drug-likeness (QED) is 0.567. The lowest BCUT2D eigenvalue weighted by atomic mass is 10.1. The summed E-state index contributed by atoms with van der Waals surface area (Å²) in [7, 11) is 1.68. The first-order valence-electron chi connectivity index (χ1n) is 10.8. The maximum atomic E-state index is 12.7. The van der Waals surface area contributed by atoms with Crippen LogP contribution < -0.4 is 14.6 Å². The van der Waals surface area contributed by atoms with E-state index in [1.54, 1.807) is 7.11 Å². The average molecular weight is 405 g/mol. The summed E-state index contributed by atoms with van der Waals surface area (Å²) in [4.78, 5) is 12.7. The molecule has 3 aromatic rings. The van der Waals surface area contributed by atoms with Gasteiger partial charge >= 0.3 is 0 Å². The van der Waals surface area contributed by atoms with Gasteiger partial charge in [0.25, 0.3) is 11.7 Å². The number of rotatable bonds is 8. The summed E-state index contributed by atoms with van der Waals surface area (Å²) in [5.41, 5.74) is 4.46. The van der Waals surface area contributed by atoms with Gasteiger partial charge in [0.05, 0.1) is 20.1 Å². The fraction of sp³-hybridized carbons (Fsp3) is 0.360. The number of aryl methyl sites for hydroxylation is 1. The van der Waals surface area contributed by atoms with Gasteiger partial charge in [0.1, 0.15) is 11.9 Å². The summed E-state index contributed by atoms with van der Waals surface area (Å²) in [6.45, 7) is 3.51. The van der Waals surface area contributed by atoms with Gasteiger partial charge < -0.3 is 10.1 Å². The Bertz CT molecular complexity index is 1000. The standard InChI is InChI=1S/C25H29N3O2/c1-3-4-6-19-8-12-21(13-9-19)26-24(29)18-27-17-23(28-16-5-7-25(27)28)20-10-14-22(30-2)15-11-20/h8-15,17H,3-7,16,18H2,1-2H3/p+1. The number of ether oxygens (including phenoxy) is 1. The van der Waals surface area contributed by atoms with E-state index in [1.165, 1.54) is 24.2 Å². The highest BCUT2D eigenvalue weighted by atomic mass is 16.5. The third-order valence-electron chi connectivity index (χ3n) is 5.75. The lowest BCUT2D eigenvalue weighted by Crippen LogP contribution is -2.42. The van der Waals surface area contributed by atoms with E-state index in [1.807, 2.05) is 24.3 Å². The Morgan fingerprint density at radius 2 is 1.90 bits per heavy atom. The van der Waals surface area contributed by atoms with Crippen molar-refractivity contribution >= 4 is 11.6 Å². The van der Waals surface area contributed by atoms with Crippen LogP contribution in [-0.2, 0) is 30.7 Å². The van der Waals surface area contributed by atoms with E-state index >= 15 is 0 Å². The summed E-state index contributed by atoms with van der Waals surface area (Å²) >= 11 is 0. The van der Waals surface area contributed by atoms with Gasteiger partial charge in [0.15, 0.2) is 12.2 Å². The maximum absolute atomic E-state index is 12.7. The van der Waals surface area contributed by atoms with Gasteiger partial charge in [-0.05, 0) is 61.2 Å². The molecule has 4 rings (SSSR count). The molecule has 0 fully saturated rings. The van der Waals surface area contributed by atoms with Gasteiger partial charge in [-0.15, -0.1) is 0 Å². The first-order chi connectivity index (χ1) is 14.7. The number of imidazole rings is 1. The Hall–Kier alpha value is -3.08. The Morgan fingerprint density at radius 1 is 1.13 bits per heavy atom. The van der Waals surface area contributed by atoms with Crippen molar-refractivity contribution in [2.24, 2.45) is 0 Å². The second kappa shape index (κ2) is 9.16. The first kappa shape index (κ1) is 20.2. The Balaban J connectivity index is 1.47. The Morgan fingerprint density at radius 3 is 2.60 bits per heavy atom. The van der Waals surface area contributed by atoms with Crippen molar-refractivity contribution in [3.8, 4) is 17.0 Å². The molecule has 2 aromatic carbocycles. The summed E-state index contributed by atoms with van der Waals surface area (Å²) in [5, 5.41) is 3.04. The molecule has 0 spiro atoms. The molecule has 5 heteroatoms. The van der Waals surface area contributed by atoms with E-state index in [0.717, 1.165) is 48.5 Å². The SMILES string of the molecule is CCCCc1ccc(NC(=O)C[n+]2cc(-c3ccc(OC)cc3)n3c2CCC3)cc1. The molecule has 0 bridgehead atoms. The van der Waals surface area contributed by atoms with Gasteiger partial charge in [0, 0.05) is 11.3 Å². The molecule has 1 aliphatic rings. The predicted octanol–water partition coefficient (Wildman–Crippen LogP) is 4.38. The minimum Gasteiger partial charge on any atom is -0.497 e. The van der Waals surface area contributed by atoms with Crippen LogP contribution in [0.15, 0.2) is 54.7 Å². The van der Waals surface area contributed by atoms with Crippen LogP contribution in [0.3, 0.4) is 0 Å². The number of unbranched alkanes of at least 4 members (excludes halogenated alkanes) is 1. The normalized spacial score (nSPS) is 12.6. The molecule has 5 nitrogen and oxygen atoms in total. The molecular weight excluding hydrogens is 374 g/mol. The zero-order valence-corrected chi connectivity index (χ0v) is 17.9. The van der Waals surface area contributed by atoms with E-state index < -0.39 is 0 Å². The van der Waals surface area contributed by atoms with Crippen LogP contribution in [0.2, 0.25) is 0 Å². The number of methoxy groups -OCH3 is 1. The molecule has 1 amide bonds. The summed E-state index contributed by atoms with van der Waals surface area (Å²) in [6.07, 6.45) is 7.68. The Kier molecular flexibility index (Phi) is 6.17. The molecule has 30 heavy (non-hydrogen) atoms. The molecule has 0 aliphatic carbocycles. The molecule has 156 valence electrons. The summed E-state index contributed by atoms with van der Waals surface area (Å²) in [5.74, 6) is 2.06. The minimum absolute atomic E-state index is 0.00268. The fourth-order valence-electron chi connectivity index (χ4n) is 4.13. The maximum Gasteiger partial charge on any atom is 0.266 e. The molecule has 1 aromatic heterocycles. The number of nitrogens with zero attached hydrogens (tertiary/aromatic N) is 2. The number of hydrogen-bond acceptors (Lipinski definition) is 2. The summed E-state index contributed by atoms with van der Waals surface area (Å²) < 4.78 is 9.70. The molecule has 1 N–H and O–H groups in total. The number of benzene rings is 2. The van der Waals surface area contributed by atoms with Crippen molar-refractivity contribution in [3.05, 3.63) is 66.1 Å². The number of fused-ring (bicyclic) bond motifs is 1. The second-order valence-electron chi connectivity index (χ2n) is 7.89. The molecule has 0 unspecified atom stereocenters. The van der Waals surface area contributed by atoms with Crippen LogP contribution >= 0.6 is 0 Å². The number of hydrogen-bond donors (Lipinski definition) is 1. The third kappa shape index (κ3) is 4.40.